The van der Waals surface area contributed by atoms with Gasteiger partial charge in [-0.3, -0.25) is 0 Å². The molecule has 3 atom stereocenters. The molecule has 0 heteroatoms. The monoisotopic (exact) mass is 278 g/mol. The Morgan fingerprint density at radius 1 is 1.10 bits per heavy atom. The van der Waals surface area contributed by atoms with Crippen molar-refractivity contribution < 1.29 is 0 Å². The van der Waals surface area contributed by atoms with Crippen LogP contribution < -0.4 is 0 Å². The molecule has 0 bridgehead atoms. The average Bonchev–Trinajstić information content (AvgIpc) is 2.49. The Morgan fingerprint density at radius 3 is 2.05 bits per heavy atom. The van der Waals surface area contributed by atoms with E-state index in [0.29, 0.717) is 0 Å². The fraction of sp³-hybridized carbons (Fsp3) is 0.800. The fourth-order valence-corrected chi connectivity index (χ4v) is 3.35. The van der Waals surface area contributed by atoms with Gasteiger partial charge < -0.3 is 0 Å². The minimum absolute atomic E-state index is 0.861. The molecule has 2 rings (SSSR count). The zero-order valence-electron chi connectivity index (χ0n) is 14.8. The second-order valence-electron chi connectivity index (χ2n) is 6.32. The van der Waals surface area contributed by atoms with Crippen molar-refractivity contribution in [2.75, 3.05) is 0 Å². The van der Waals surface area contributed by atoms with Crippen LogP contribution in [-0.2, 0) is 0 Å². The van der Waals surface area contributed by atoms with Crippen LogP contribution in [0.5, 0.6) is 0 Å². The molecular formula is C20H38. The van der Waals surface area contributed by atoms with Crippen molar-refractivity contribution >= 4 is 0 Å². The molecular weight excluding hydrogens is 240 g/mol. The van der Waals surface area contributed by atoms with Gasteiger partial charge in [0.15, 0.2) is 0 Å². The van der Waals surface area contributed by atoms with Gasteiger partial charge in [0.25, 0.3) is 0 Å². The van der Waals surface area contributed by atoms with Gasteiger partial charge in [0, 0.05) is 0 Å². The lowest BCUT2D eigenvalue weighted by atomic mass is 9.65. The standard InChI is InChI=1S/C13H22.C5H10.C2H6/c1-3-11-9-13-7-5-4-6-12(13)8-10(11)2;1-4-5(2)3;1-2/h11-13H,2-9H2,1H3;2,4H2,1,3H3;1-2H3/t11-,12-,13?;;/m0../s1. The van der Waals surface area contributed by atoms with Crippen LogP contribution in [0.2, 0.25) is 0 Å². The highest BCUT2D eigenvalue weighted by Crippen LogP contribution is 2.45. The van der Waals surface area contributed by atoms with Gasteiger partial charge in [0.2, 0.25) is 0 Å². The Hall–Kier alpha value is -0.520. The molecule has 0 aliphatic heterocycles. The Balaban J connectivity index is 0.000000441. The Morgan fingerprint density at radius 2 is 1.60 bits per heavy atom. The molecule has 0 heterocycles. The summed E-state index contributed by atoms with van der Waals surface area (Å²) in [6.45, 7) is 18.4. The maximum absolute atomic E-state index is 4.26. The third-order valence-electron chi connectivity index (χ3n) is 4.85. The summed E-state index contributed by atoms with van der Waals surface area (Å²) in [5, 5.41) is 0. The van der Waals surface area contributed by atoms with Crippen LogP contribution in [0.25, 0.3) is 0 Å². The topological polar surface area (TPSA) is 0 Å². The Bertz CT molecular complexity index is 274. The van der Waals surface area contributed by atoms with E-state index in [-0.39, 0.29) is 0 Å². The first kappa shape index (κ1) is 19.5. The van der Waals surface area contributed by atoms with Gasteiger partial charge in [0.1, 0.15) is 0 Å². The van der Waals surface area contributed by atoms with E-state index >= 15 is 0 Å². The summed E-state index contributed by atoms with van der Waals surface area (Å²) in [6, 6.07) is 0. The third-order valence-corrected chi connectivity index (χ3v) is 4.85. The number of fused-ring (bicyclic) bond motifs is 1. The molecule has 0 amide bonds. The summed E-state index contributed by atoms with van der Waals surface area (Å²) in [6.07, 6.45) is 11.2. The highest BCUT2D eigenvalue weighted by molar-refractivity contribution is 5.07. The van der Waals surface area contributed by atoms with E-state index in [0.717, 1.165) is 24.2 Å². The lowest BCUT2D eigenvalue weighted by Gasteiger charge is -2.40. The van der Waals surface area contributed by atoms with Crippen LogP contribution in [0, 0.1) is 17.8 Å². The van der Waals surface area contributed by atoms with E-state index in [1.807, 2.05) is 20.8 Å². The molecule has 0 aromatic rings. The van der Waals surface area contributed by atoms with Crippen LogP contribution in [0.4, 0.5) is 0 Å². The van der Waals surface area contributed by atoms with Crippen LogP contribution >= 0.6 is 0 Å². The molecule has 2 saturated carbocycles. The fourth-order valence-electron chi connectivity index (χ4n) is 3.35. The van der Waals surface area contributed by atoms with E-state index in [4.69, 9.17) is 0 Å². The van der Waals surface area contributed by atoms with Crippen molar-refractivity contribution in [3.63, 3.8) is 0 Å². The Kier molecular flexibility index (Phi) is 10.9. The SMILES string of the molecule is C=C(C)CC.C=C1C[C@@H]2CCCCC2C[C@@H]1CC.CC. The maximum Gasteiger partial charge on any atom is -0.0206 e. The Labute approximate surface area is 128 Å². The minimum atomic E-state index is 0.861. The van der Waals surface area contributed by atoms with Gasteiger partial charge >= 0.3 is 0 Å². The highest BCUT2D eigenvalue weighted by Gasteiger charge is 2.33. The van der Waals surface area contributed by atoms with E-state index < -0.39 is 0 Å². The first-order valence-electron chi connectivity index (χ1n) is 8.90. The lowest BCUT2D eigenvalue weighted by Crippen LogP contribution is -2.28. The third kappa shape index (κ3) is 6.77. The normalized spacial score (nSPS) is 28.2. The lowest BCUT2D eigenvalue weighted by molar-refractivity contribution is 0.166. The first-order valence-corrected chi connectivity index (χ1v) is 8.90. The van der Waals surface area contributed by atoms with Crippen molar-refractivity contribution in [3.8, 4) is 0 Å². The smallest absolute Gasteiger partial charge is 0.0206 e. The second kappa shape index (κ2) is 11.2. The van der Waals surface area contributed by atoms with Crippen molar-refractivity contribution in [3.05, 3.63) is 24.3 Å². The minimum Gasteiger partial charge on any atom is -0.100 e. The van der Waals surface area contributed by atoms with Gasteiger partial charge in [-0.15, -0.1) is 6.58 Å². The van der Waals surface area contributed by atoms with Crippen LogP contribution in [0.15, 0.2) is 24.3 Å². The molecule has 0 nitrogen and oxygen atoms in total. The molecule has 0 spiro atoms. The summed E-state index contributed by atoms with van der Waals surface area (Å²) in [5.74, 6) is 2.94. The highest BCUT2D eigenvalue weighted by atomic mass is 14.4. The molecule has 0 N–H and O–H groups in total. The van der Waals surface area contributed by atoms with Gasteiger partial charge in [-0.25, -0.2) is 0 Å². The number of rotatable bonds is 2. The molecule has 2 aliphatic rings. The van der Waals surface area contributed by atoms with Crippen molar-refractivity contribution in [2.45, 2.75) is 86.0 Å². The summed E-state index contributed by atoms with van der Waals surface area (Å²) in [5.41, 5.74) is 2.82. The molecule has 0 saturated heterocycles. The maximum atomic E-state index is 4.26. The average molecular weight is 279 g/mol. The number of hydrogen-bond donors (Lipinski definition) is 0. The van der Waals surface area contributed by atoms with Crippen LogP contribution in [0.1, 0.15) is 86.0 Å². The van der Waals surface area contributed by atoms with Gasteiger partial charge in [-0.05, 0) is 56.8 Å². The molecule has 2 aliphatic carbocycles. The van der Waals surface area contributed by atoms with E-state index in [2.05, 4.69) is 27.0 Å². The van der Waals surface area contributed by atoms with E-state index in [1.165, 1.54) is 50.5 Å². The van der Waals surface area contributed by atoms with Gasteiger partial charge in [0.05, 0.1) is 0 Å². The summed E-state index contributed by atoms with van der Waals surface area (Å²) in [4.78, 5) is 0. The summed E-state index contributed by atoms with van der Waals surface area (Å²) < 4.78 is 0. The predicted molar refractivity (Wildman–Crippen MR) is 94.1 cm³/mol. The molecule has 0 aromatic carbocycles. The van der Waals surface area contributed by atoms with Crippen LogP contribution in [-0.4, -0.2) is 0 Å². The van der Waals surface area contributed by atoms with Gasteiger partial charge in [-0.2, -0.15) is 0 Å². The second-order valence-corrected chi connectivity index (χ2v) is 6.32. The number of allylic oxidation sites excluding steroid dienone is 2. The predicted octanol–water partition coefficient (Wildman–Crippen LogP) is 7.17. The zero-order valence-corrected chi connectivity index (χ0v) is 14.8. The molecule has 1 unspecified atom stereocenters. The number of hydrogen-bond acceptors (Lipinski definition) is 0. The van der Waals surface area contributed by atoms with E-state index in [9.17, 15) is 0 Å². The molecule has 2 fully saturated rings. The summed E-state index contributed by atoms with van der Waals surface area (Å²) >= 11 is 0. The van der Waals surface area contributed by atoms with Crippen molar-refractivity contribution in [2.24, 2.45) is 17.8 Å². The van der Waals surface area contributed by atoms with Crippen LogP contribution in [0.3, 0.4) is 0 Å². The molecule has 118 valence electrons. The largest absolute Gasteiger partial charge is 0.100 e. The van der Waals surface area contributed by atoms with Crippen molar-refractivity contribution in [1.29, 1.82) is 0 Å². The summed E-state index contributed by atoms with van der Waals surface area (Å²) in [7, 11) is 0. The molecule has 0 aromatic heterocycles. The molecule has 20 heavy (non-hydrogen) atoms. The first-order chi connectivity index (χ1) is 9.58. The van der Waals surface area contributed by atoms with Crippen molar-refractivity contribution in [1.82, 2.24) is 0 Å². The zero-order chi connectivity index (χ0) is 15.5. The molecule has 0 radical (unpaired) electrons. The quantitative estimate of drug-likeness (QED) is 0.470. The van der Waals surface area contributed by atoms with E-state index in [1.54, 1.807) is 5.57 Å². The van der Waals surface area contributed by atoms with Gasteiger partial charge in [-0.1, -0.05) is 64.7 Å².